The lowest BCUT2D eigenvalue weighted by Gasteiger charge is -1.94. The first-order valence-electron chi connectivity index (χ1n) is 3.64. The topological polar surface area (TPSA) is 22.4 Å². The average molecular weight is 152 g/mol. The molecule has 11 heavy (non-hydrogen) atoms. The molecule has 2 heteroatoms. The number of furan rings is 1. The van der Waals surface area contributed by atoms with Gasteiger partial charge in [-0.1, -0.05) is 12.7 Å². The molecule has 0 aromatic carbocycles. The van der Waals surface area contributed by atoms with Crippen molar-refractivity contribution in [3.8, 4) is 0 Å². The minimum atomic E-state index is 0.546. The summed E-state index contributed by atoms with van der Waals surface area (Å²) >= 11 is 0. The lowest BCUT2D eigenvalue weighted by atomic mass is 10.3. The van der Waals surface area contributed by atoms with Gasteiger partial charge in [-0.25, -0.2) is 0 Å². The molecule has 1 rings (SSSR count). The molecule has 0 aliphatic rings. The van der Waals surface area contributed by atoms with Crippen LogP contribution in [0.3, 0.4) is 0 Å². The van der Waals surface area contributed by atoms with Crippen molar-refractivity contribution in [2.75, 3.05) is 6.61 Å². The first-order chi connectivity index (χ1) is 5.36. The van der Waals surface area contributed by atoms with Crippen molar-refractivity contribution in [3.63, 3.8) is 0 Å². The first kappa shape index (κ1) is 8.08. The highest BCUT2D eigenvalue weighted by Crippen LogP contribution is 2.09. The van der Waals surface area contributed by atoms with Crippen LogP contribution in [-0.4, -0.2) is 6.61 Å². The van der Waals surface area contributed by atoms with Crippen LogP contribution in [0.15, 0.2) is 23.3 Å². The van der Waals surface area contributed by atoms with Gasteiger partial charge >= 0.3 is 0 Å². The van der Waals surface area contributed by atoms with Gasteiger partial charge in [0.15, 0.2) is 0 Å². The molecule has 0 spiro atoms. The molecule has 0 unspecified atom stereocenters. The minimum Gasteiger partial charge on any atom is -0.466 e. The molecular formula is C9H12O2. The van der Waals surface area contributed by atoms with E-state index in [-0.39, 0.29) is 0 Å². The van der Waals surface area contributed by atoms with E-state index in [0.29, 0.717) is 13.2 Å². The monoisotopic (exact) mass is 152 g/mol. The Labute approximate surface area is 66.5 Å². The summed E-state index contributed by atoms with van der Waals surface area (Å²) in [7, 11) is 0. The number of hydrogen-bond donors (Lipinski definition) is 0. The molecule has 0 saturated heterocycles. The van der Waals surface area contributed by atoms with Crippen molar-refractivity contribution in [1.82, 2.24) is 0 Å². The lowest BCUT2D eigenvalue weighted by Crippen LogP contribution is -1.88. The molecule has 60 valence electrons. The molecule has 1 heterocycles. The van der Waals surface area contributed by atoms with Gasteiger partial charge in [0.25, 0.3) is 0 Å². The summed E-state index contributed by atoms with van der Waals surface area (Å²) in [6.45, 7) is 6.84. The fraction of sp³-hybridized carbons (Fsp3) is 0.333. The second-order valence-electron chi connectivity index (χ2n) is 2.19. The largest absolute Gasteiger partial charge is 0.466 e. The van der Waals surface area contributed by atoms with Crippen LogP contribution >= 0.6 is 0 Å². The predicted octanol–water partition coefficient (Wildman–Crippen LogP) is 2.46. The van der Waals surface area contributed by atoms with E-state index in [9.17, 15) is 0 Å². The van der Waals surface area contributed by atoms with Crippen LogP contribution in [0.5, 0.6) is 0 Å². The SMILES string of the molecule is C=Cc1coc(COCC)c1. The van der Waals surface area contributed by atoms with Crippen molar-refractivity contribution in [2.45, 2.75) is 13.5 Å². The Morgan fingerprint density at radius 3 is 3.09 bits per heavy atom. The molecule has 0 radical (unpaired) electrons. The average Bonchev–Trinajstić information content (AvgIpc) is 2.48. The van der Waals surface area contributed by atoms with Gasteiger partial charge in [-0.2, -0.15) is 0 Å². The second kappa shape index (κ2) is 3.98. The smallest absolute Gasteiger partial charge is 0.130 e. The van der Waals surface area contributed by atoms with Crippen LogP contribution in [0.2, 0.25) is 0 Å². The first-order valence-corrected chi connectivity index (χ1v) is 3.64. The van der Waals surface area contributed by atoms with Crippen LogP contribution in [-0.2, 0) is 11.3 Å². The van der Waals surface area contributed by atoms with Gasteiger partial charge in [-0.15, -0.1) is 0 Å². The number of rotatable bonds is 4. The quantitative estimate of drug-likeness (QED) is 0.661. The Hall–Kier alpha value is -1.02. The van der Waals surface area contributed by atoms with Crippen LogP contribution in [0.4, 0.5) is 0 Å². The molecule has 0 N–H and O–H groups in total. The highest BCUT2D eigenvalue weighted by atomic mass is 16.5. The maximum atomic E-state index is 5.16. The van der Waals surface area contributed by atoms with E-state index in [2.05, 4.69) is 6.58 Å². The Balaban J connectivity index is 2.51. The summed E-state index contributed by atoms with van der Waals surface area (Å²) in [6, 6.07) is 1.92. The second-order valence-corrected chi connectivity index (χ2v) is 2.19. The van der Waals surface area contributed by atoms with E-state index in [1.54, 1.807) is 12.3 Å². The van der Waals surface area contributed by atoms with E-state index < -0.39 is 0 Å². The number of hydrogen-bond acceptors (Lipinski definition) is 2. The van der Waals surface area contributed by atoms with Gasteiger partial charge in [0.1, 0.15) is 12.4 Å². The van der Waals surface area contributed by atoms with Gasteiger partial charge in [0.05, 0.1) is 6.26 Å². The Morgan fingerprint density at radius 1 is 1.73 bits per heavy atom. The maximum absolute atomic E-state index is 5.16. The summed E-state index contributed by atoms with van der Waals surface area (Å²) in [5, 5.41) is 0. The summed E-state index contributed by atoms with van der Waals surface area (Å²) in [5.41, 5.74) is 1.000. The standard InChI is InChI=1S/C9H12O2/c1-3-8-5-9(11-6-8)7-10-4-2/h3,5-6H,1,4,7H2,2H3. The minimum absolute atomic E-state index is 0.546. The molecule has 0 bridgehead atoms. The Bertz CT molecular complexity index is 225. The van der Waals surface area contributed by atoms with E-state index in [1.807, 2.05) is 13.0 Å². The van der Waals surface area contributed by atoms with E-state index in [0.717, 1.165) is 11.3 Å². The molecule has 0 amide bonds. The zero-order valence-electron chi connectivity index (χ0n) is 6.67. The van der Waals surface area contributed by atoms with Crippen LogP contribution in [0.25, 0.3) is 6.08 Å². The summed E-state index contributed by atoms with van der Waals surface area (Å²) < 4.78 is 10.3. The summed E-state index contributed by atoms with van der Waals surface area (Å²) in [5.74, 6) is 0.849. The summed E-state index contributed by atoms with van der Waals surface area (Å²) in [6.07, 6.45) is 3.42. The van der Waals surface area contributed by atoms with Crippen molar-refractivity contribution in [3.05, 3.63) is 30.2 Å². The molecule has 1 aromatic rings. The zero-order valence-corrected chi connectivity index (χ0v) is 6.67. The number of ether oxygens (including phenoxy) is 1. The third-order valence-electron chi connectivity index (χ3n) is 1.36. The fourth-order valence-electron chi connectivity index (χ4n) is 0.783. The van der Waals surface area contributed by atoms with Gasteiger partial charge in [-0.3, -0.25) is 0 Å². The maximum Gasteiger partial charge on any atom is 0.130 e. The van der Waals surface area contributed by atoms with Crippen molar-refractivity contribution >= 4 is 6.08 Å². The molecule has 0 atom stereocenters. The van der Waals surface area contributed by atoms with E-state index >= 15 is 0 Å². The van der Waals surface area contributed by atoms with Crippen LogP contribution in [0.1, 0.15) is 18.2 Å². The molecule has 0 fully saturated rings. The third kappa shape index (κ3) is 2.24. The van der Waals surface area contributed by atoms with Gasteiger partial charge in [0.2, 0.25) is 0 Å². The van der Waals surface area contributed by atoms with Gasteiger partial charge < -0.3 is 9.15 Å². The molecule has 1 aromatic heterocycles. The molecule has 0 aliphatic carbocycles. The Kier molecular flexibility index (Phi) is 2.93. The zero-order chi connectivity index (χ0) is 8.10. The highest BCUT2D eigenvalue weighted by Gasteiger charge is 1.97. The van der Waals surface area contributed by atoms with Crippen molar-refractivity contribution in [2.24, 2.45) is 0 Å². The summed E-state index contributed by atoms with van der Waals surface area (Å²) in [4.78, 5) is 0. The molecular weight excluding hydrogens is 140 g/mol. The van der Waals surface area contributed by atoms with Crippen molar-refractivity contribution < 1.29 is 9.15 Å². The molecule has 0 saturated carbocycles. The Morgan fingerprint density at radius 2 is 2.55 bits per heavy atom. The fourth-order valence-corrected chi connectivity index (χ4v) is 0.783. The van der Waals surface area contributed by atoms with Crippen LogP contribution < -0.4 is 0 Å². The van der Waals surface area contributed by atoms with Gasteiger partial charge in [0, 0.05) is 12.2 Å². The predicted molar refractivity (Wildman–Crippen MR) is 44.1 cm³/mol. The van der Waals surface area contributed by atoms with Gasteiger partial charge in [-0.05, 0) is 13.0 Å². The van der Waals surface area contributed by atoms with E-state index in [4.69, 9.17) is 9.15 Å². The van der Waals surface area contributed by atoms with E-state index in [1.165, 1.54) is 0 Å². The highest BCUT2D eigenvalue weighted by molar-refractivity contribution is 5.45. The van der Waals surface area contributed by atoms with Crippen LogP contribution in [0, 0.1) is 0 Å². The lowest BCUT2D eigenvalue weighted by molar-refractivity contribution is 0.118. The molecule has 0 aliphatic heterocycles. The third-order valence-corrected chi connectivity index (χ3v) is 1.36. The normalized spacial score (nSPS) is 9.91. The van der Waals surface area contributed by atoms with Crippen molar-refractivity contribution in [1.29, 1.82) is 0 Å². The molecule has 2 nitrogen and oxygen atoms in total.